The Labute approximate surface area is 118 Å². The minimum Gasteiger partial charge on any atom is -0.196 e. The predicted molar refractivity (Wildman–Crippen MR) is 70.5 cm³/mol. The van der Waals surface area contributed by atoms with Crippen molar-refractivity contribution in [3.63, 3.8) is 0 Å². The zero-order valence-corrected chi connectivity index (χ0v) is 11.3. The lowest BCUT2D eigenvalue weighted by atomic mass is 9.83. The number of hydrogen-bond donors (Lipinski definition) is 0. The van der Waals surface area contributed by atoms with Crippen molar-refractivity contribution >= 4 is 0 Å². The van der Waals surface area contributed by atoms with Crippen LogP contribution in [0.2, 0.25) is 0 Å². The van der Waals surface area contributed by atoms with Crippen molar-refractivity contribution in [3.8, 4) is 24.3 Å². The van der Waals surface area contributed by atoms with E-state index in [0.717, 1.165) is 5.56 Å². The summed E-state index contributed by atoms with van der Waals surface area (Å²) in [5.74, 6) is 0. The molecule has 0 heterocycles. The molecule has 0 aliphatic heterocycles. The maximum Gasteiger partial charge on any atom is 0.188 e. The average Bonchev–Trinajstić information content (AvgIpc) is 3.04. The lowest BCUT2D eigenvalue weighted by Crippen LogP contribution is -2.17. The van der Waals surface area contributed by atoms with E-state index in [4.69, 9.17) is 0 Å². The summed E-state index contributed by atoms with van der Waals surface area (Å²) in [5, 5.41) is 37.8. The fourth-order valence-corrected chi connectivity index (χ4v) is 3.40. The largest absolute Gasteiger partial charge is 0.196 e. The van der Waals surface area contributed by atoms with Crippen molar-refractivity contribution in [2.45, 2.75) is 25.7 Å². The van der Waals surface area contributed by atoms with Gasteiger partial charge in [0.15, 0.2) is 10.8 Å². The van der Waals surface area contributed by atoms with E-state index in [2.05, 4.69) is 0 Å². The zero-order chi connectivity index (χ0) is 15.0. The molecule has 1 aromatic carbocycles. The number of aryl methyl sites for hydroxylation is 1. The Morgan fingerprint density at radius 2 is 1.25 bits per heavy atom. The summed E-state index contributed by atoms with van der Waals surface area (Å²) < 4.78 is 0. The van der Waals surface area contributed by atoms with Crippen molar-refractivity contribution in [2.75, 3.05) is 0 Å². The molecule has 96 valence electrons. The topological polar surface area (TPSA) is 95.2 Å². The third-order valence-corrected chi connectivity index (χ3v) is 4.53. The van der Waals surface area contributed by atoms with Crippen LogP contribution in [0.25, 0.3) is 0 Å². The van der Waals surface area contributed by atoms with E-state index >= 15 is 0 Å². The molecule has 0 atom stereocenters. The van der Waals surface area contributed by atoms with E-state index in [1.165, 1.54) is 0 Å². The van der Waals surface area contributed by atoms with Gasteiger partial charge in [0.1, 0.15) is 0 Å². The molecular weight excluding hydrogens is 248 g/mol. The molecule has 1 saturated carbocycles. The lowest BCUT2D eigenvalue weighted by Gasteiger charge is -2.16. The third kappa shape index (κ3) is 1.08. The van der Waals surface area contributed by atoms with Crippen LogP contribution in [-0.4, -0.2) is 0 Å². The van der Waals surface area contributed by atoms with Gasteiger partial charge in [-0.3, -0.25) is 0 Å². The molecule has 0 unspecified atom stereocenters. The normalized spacial score (nSPS) is 19.7. The van der Waals surface area contributed by atoms with Gasteiger partial charge >= 0.3 is 0 Å². The van der Waals surface area contributed by atoms with Crippen molar-refractivity contribution < 1.29 is 0 Å². The van der Waals surface area contributed by atoms with E-state index in [0.29, 0.717) is 12.0 Å². The molecule has 1 fully saturated rings. The minimum absolute atomic E-state index is 0.387. The average molecular weight is 260 g/mol. The summed E-state index contributed by atoms with van der Waals surface area (Å²) in [4.78, 5) is 0. The van der Waals surface area contributed by atoms with Crippen LogP contribution < -0.4 is 0 Å². The van der Waals surface area contributed by atoms with E-state index in [1.807, 2.05) is 43.3 Å². The molecule has 2 rings (SSSR count). The molecule has 1 aliphatic rings. The van der Waals surface area contributed by atoms with E-state index < -0.39 is 16.2 Å². The van der Waals surface area contributed by atoms with Gasteiger partial charge in [0.25, 0.3) is 0 Å². The number of benzene rings is 1. The number of hydrogen-bond acceptors (Lipinski definition) is 4. The van der Waals surface area contributed by atoms with Gasteiger partial charge in [-0.05, 0) is 18.9 Å². The first-order valence-electron chi connectivity index (χ1n) is 6.28. The molecular formula is C16H12N4. The smallest absolute Gasteiger partial charge is 0.188 e. The second-order valence-electron chi connectivity index (χ2n) is 5.07. The molecule has 0 saturated heterocycles. The van der Waals surface area contributed by atoms with E-state index in [-0.39, 0.29) is 0 Å². The van der Waals surface area contributed by atoms with Crippen LogP contribution in [0.4, 0.5) is 0 Å². The second-order valence-corrected chi connectivity index (χ2v) is 5.07. The molecule has 1 aromatic rings. The summed E-state index contributed by atoms with van der Waals surface area (Å²) in [7, 11) is 0. The summed E-state index contributed by atoms with van der Waals surface area (Å²) in [6.07, 6.45) is 0.387. The van der Waals surface area contributed by atoms with Crippen LogP contribution in [0.1, 0.15) is 24.5 Å². The zero-order valence-electron chi connectivity index (χ0n) is 11.3. The highest BCUT2D eigenvalue weighted by Gasteiger charge is 2.91. The first kappa shape index (κ1) is 13.6. The Morgan fingerprint density at radius 3 is 1.55 bits per heavy atom. The summed E-state index contributed by atoms with van der Waals surface area (Å²) in [6.45, 7) is 3.73. The Balaban J connectivity index is 2.79. The maximum absolute atomic E-state index is 9.46. The Kier molecular flexibility index (Phi) is 2.79. The van der Waals surface area contributed by atoms with Crippen molar-refractivity contribution in [3.05, 3.63) is 35.4 Å². The van der Waals surface area contributed by atoms with Crippen molar-refractivity contribution in [1.82, 2.24) is 0 Å². The van der Waals surface area contributed by atoms with Gasteiger partial charge in [-0.15, -0.1) is 0 Å². The number of nitrogens with zero attached hydrogens (tertiary/aromatic N) is 4. The van der Waals surface area contributed by atoms with Gasteiger partial charge in [-0.1, -0.05) is 36.8 Å². The summed E-state index contributed by atoms with van der Waals surface area (Å²) in [6, 6.07) is 15.1. The van der Waals surface area contributed by atoms with Crippen molar-refractivity contribution in [1.29, 1.82) is 21.0 Å². The van der Waals surface area contributed by atoms with E-state index in [1.54, 1.807) is 19.1 Å². The molecule has 0 N–H and O–H groups in total. The Hall–Kier alpha value is -2.82. The van der Waals surface area contributed by atoms with Crippen LogP contribution in [0.3, 0.4) is 0 Å². The van der Waals surface area contributed by atoms with Gasteiger partial charge in [-0.25, -0.2) is 0 Å². The standard InChI is InChI=1S/C16H12N4/c1-3-16(13-6-4-12(2)5-7-13)14(8-17,9-18)15(16,10-19)11-20/h4-7H,3H2,1-2H3. The maximum atomic E-state index is 9.46. The summed E-state index contributed by atoms with van der Waals surface area (Å²) >= 11 is 0. The van der Waals surface area contributed by atoms with Crippen LogP contribution in [0.5, 0.6) is 0 Å². The van der Waals surface area contributed by atoms with Crippen LogP contribution in [0.15, 0.2) is 24.3 Å². The first-order chi connectivity index (χ1) is 9.55. The molecule has 4 nitrogen and oxygen atoms in total. The lowest BCUT2D eigenvalue weighted by molar-refractivity contribution is 0.561. The molecule has 0 spiro atoms. The van der Waals surface area contributed by atoms with Crippen LogP contribution in [-0.2, 0) is 5.41 Å². The molecule has 0 amide bonds. The van der Waals surface area contributed by atoms with Crippen LogP contribution in [0, 0.1) is 63.1 Å². The monoisotopic (exact) mass is 260 g/mol. The molecule has 0 aromatic heterocycles. The highest BCUT2D eigenvalue weighted by Crippen LogP contribution is 2.79. The number of rotatable bonds is 2. The quantitative estimate of drug-likeness (QED) is 0.816. The minimum atomic E-state index is -1.60. The molecule has 4 heteroatoms. The molecule has 0 bridgehead atoms. The Morgan fingerprint density at radius 1 is 0.850 bits per heavy atom. The van der Waals surface area contributed by atoms with Gasteiger partial charge in [0.05, 0.1) is 29.7 Å². The summed E-state index contributed by atoms with van der Waals surface area (Å²) in [5.41, 5.74) is -2.50. The fourth-order valence-electron chi connectivity index (χ4n) is 3.40. The predicted octanol–water partition coefficient (Wildman–Crippen LogP) is 2.72. The van der Waals surface area contributed by atoms with Gasteiger partial charge in [0.2, 0.25) is 0 Å². The third-order valence-electron chi connectivity index (χ3n) is 4.53. The molecule has 1 aliphatic carbocycles. The molecule has 0 radical (unpaired) electrons. The van der Waals surface area contributed by atoms with E-state index in [9.17, 15) is 21.0 Å². The fraction of sp³-hybridized carbons (Fsp3) is 0.375. The van der Waals surface area contributed by atoms with Crippen molar-refractivity contribution in [2.24, 2.45) is 10.8 Å². The number of nitriles is 4. The SMILES string of the molecule is CCC1(c2ccc(C)cc2)C(C#N)(C#N)C1(C#N)C#N. The van der Waals surface area contributed by atoms with Gasteiger partial charge in [0, 0.05) is 0 Å². The van der Waals surface area contributed by atoms with Gasteiger partial charge in [-0.2, -0.15) is 21.0 Å². The Bertz CT molecular complexity index is 650. The first-order valence-corrected chi connectivity index (χ1v) is 6.28. The highest BCUT2D eigenvalue weighted by atomic mass is 14.8. The highest BCUT2D eigenvalue weighted by molar-refractivity contribution is 5.65. The van der Waals surface area contributed by atoms with Gasteiger partial charge < -0.3 is 0 Å². The van der Waals surface area contributed by atoms with Crippen LogP contribution >= 0.6 is 0 Å². The second kappa shape index (κ2) is 4.09. The molecule has 20 heavy (non-hydrogen) atoms.